The Kier molecular flexibility index (Phi) is 2.34. The normalized spacial score (nSPS) is 18.8. The predicted octanol–water partition coefficient (Wildman–Crippen LogP) is 3.48. The first-order valence-corrected chi connectivity index (χ1v) is 6.48. The number of fused-ring (bicyclic) bond motifs is 2. The summed E-state index contributed by atoms with van der Waals surface area (Å²) in [7, 11) is 0. The molecule has 84 valence electrons. The lowest BCUT2D eigenvalue weighted by atomic mass is 9.94. The van der Waals surface area contributed by atoms with Crippen molar-refractivity contribution in [2.45, 2.75) is 52.4 Å². The average molecular weight is 213 g/mol. The minimum absolute atomic E-state index is 1.20. The van der Waals surface area contributed by atoms with Gasteiger partial charge in [0.1, 0.15) is 0 Å². The molecular weight excluding hydrogens is 194 g/mol. The van der Waals surface area contributed by atoms with Gasteiger partial charge in [-0.2, -0.15) is 0 Å². The van der Waals surface area contributed by atoms with Crippen LogP contribution in [0.15, 0.2) is 6.08 Å². The van der Waals surface area contributed by atoms with E-state index >= 15 is 0 Å². The van der Waals surface area contributed by atoms with Gasteiger partial charge in [0.15, 0.2) is 0 Å². The minimum Gasteiger partial charge on any atom is -0.257 e. The fourth-order valence-electron chi connectivity index (χ4n) is 3.21. The number of pyridine rings is 1. The van der Waals surface area contributed by atoms with Crippen LogP contribution in [0.4, 0.5) is 0 Å². The van der Waals surface area contributed by atoms with E-state index in [1.807, 2.05) is 0 Å². The third-order valence-corrected chi connectivity index (χ3v) is 4.08. The molecule has 1 aromatic heterocycles. The number of aryl methyl sites for hydroxylation is 2. The van der Waals surface area contributed by atoms with Crippen molar-refractivity contribution in [3.8, 4) is 0 Å². The second kappa shape index (κ2) is 3.73. The molecule has 0 N–H and O–H groups in total. The fourth-order valence-corrected chi connectivity index (χ4v) is 3.21. The Morgan fingerprint density at radius 1 is 1.00 bits per heavy atom. The summed E-state index contributed by atoms with van der Waals surface area (Å²) in [5.41, 5.74) is 8.96. The van der Waals surface area contributed by atoms with Crippen molar-refractivity contribution in [2.24, 2.45) is 0 Å². The van der Waals surface area contributed by atoms with Crippen LogP contribution >= 0.6 is 0 Å². The molecule has 2 aliphatic carbocycles. The van der Waals surface area contributed by atoms with E-state index in [9.17, 15) is 0 Å². The van der Waals surface area contributed by atoms with Gasteiger partial charge in [0.2, 0.25) is 0 Å². The quantitative estimate of drug-likeness (QED) is 0.696. The number of rotatable bonds is 1. The van der Waals surface area contributed by atoms with E-state index in [2.05, 4.69) is 19.9 Å². The Morgan fingerprint density at radius 2 is 1.56 bits per heavy atom. The van der Waals surface area contributed by atoms with Crippen LogP contribution in [-0.4, -0.2) is 4.98 Å². The molecule has 0 amide bonds. The summed E-state index contributed by atoms with van der Waals surface area (Å²) in [6.45, 7) is 4.41. The molecular formula is C15H19N. The van der Waals surface area contributed by atoms with E-state index in [0.717, 1.165) is 0 Å². The van der Waals surface area contributed by atoms with Crippen LogP contribution in [-0.2, 0) is 25.7 Å². The van der Waals surface area contributed by atoms with Gasteiger partial charge in [-0.25, -0.2) is 0 Å². The highest BCUT2D eigenvalue weighted by molar-refractivity contribution is 5.71. The monoisotopic (exact) mass is 213 g/mol. The topological polar surface area (TPSA) is 12.9 Å². The molecule has 1 heterocycles. The maximum absolute atomic E-state index is 4.88. The van der Waals surface area contributed by atoms with Crippen LogP contribution < -0.4 is 0 Å². The lowest BCUT2D eigenvalue weighted by Gasteiger charge is -2.14. The SMILES string of the molecule is C/C=C(/C)c1c2c(nc3c1CCC3)CCC2. The molecule has 2 aliphatic rings. The minimum atomic E-state index is 1.20. The highest BCUT2D eigenvalue weighted by Gasteiger charge is 2.25. The zero-order valence-electron chi connectivity index (χ0n) is 10.3. The maximum Gasteiger partial charge on any atom is 0.0445 e. The zero-order chi connectivity index (χ0) is 11.1. The van der Waals surface area contributed by atoms with Crippen LogP contribution in [0.5, 0.6) is 0 Å². The van der Waals surface area contributed by atoms with Gasteiger partial charge < -0.3 is 0 Å². The van der Waals surface area contributed by atoms with Crippen molar-refractivity contribution in [3.05, 3.63) is 34.2 Å². The van der Waals surface area contributed by atoms with E-state index in [-0.39, 0.29) is 0 Å². The van der Waals surface area contributed by atoms with Gasteiger partial charge in [-0.3, -0.25) is 4.98 Å². The molecule has 0 radical (unpaired) electrons. The molecule has 0 bridgehead atoms. The largest absolute Gasteiger partial charge is 0.257 e. The molecule has 0 aliphatic heterocycles. The summed E-state index contributed by atoms with van der Waals surface area (Å²) in [4.78, 5) is 4.88. The van der Waals surface area contributed by atoms with Gasteiger partial charge in [-0.1, -0.05) is 6.08 Å². The van der Waals surface area contributed by atoms with Crippen molar-refractivity contribution in [1.29, 1.82) is 0 Å². The van der Waals surface area contributed by atoms with Crippen LogP contribution in [0.25, 0.3) is 5.57 Å². The number of nitrogens with zero attached hydrogens (tertiary/aromatic N) is 1. The molecule has 0 atom stereocenters. The smallest absolute Gasteiger partial charge is 0.0445 e. The molecule has 3 rings (SSSR count). The Hall–Kier alpha value is -1.11. The van der Waals surface area contributed by atoms with Crippen LogP contribution in [0, 0.1) is 0 Å². The molecule has 0 unspecified atom stereocenters. The number of hydrogen-bond donors (Lipinski definition) is 0. The van der Waals surface area contributed by atoms with E-state index in [1.165, 1.54) is 55.5 Å². The van der Waals surface area contributed by atoms with E-state index < -0.39 is 0 Å². The Labute approximate surface area is 97.6 Å². The molecule has 1 heteroatoms. The first-order chi connectivity index (χ1) is 7.81. The Balaban J connectivity index is 2.28. The van der Waals surface area contributed by atoms with Crippen LogP contribution in [0.3, 0.4) is 0 Å². The first kappa shape index (κ1) is 10.1. The van der Waals surface area contributed by atoms with Gasteiger partial charge in [0.05, 0.1) is 0 Å². The van der Waals surface area contributed by atoms with Gasteiger partial charge >= 0.3 is 0 Å². The first-order valence-electron chi connectivity index (χ1n) is 6.48. The number of hydrogen-bond acceptors (Lipinski definition) is 1. The third-order valence-electron chi connectivity index (χ3n) is 4.08. The van der Waals surface area contributed by atoms with Gasteiger partial charge in [-0.05, 0) is 74.6 Å². The number of aromatic nitrogens is 1. The summed E-state index contributed by atoms with van der Waals surface area (Å²) in [5, 5.41) is 0. The summed E-state index contributed by atoms with van der Waals surface area (Å²) < 4.78 is 0. The standard InChI is InChI=1S/C15H19N/c1-3-10(2)15-11-6-4-8-13(11)16-14-9-5-7-12(14)15/h3H,4-9H2,1-2H3/b10-3-. The fraction of sp³-hybridized carbons (Fsp3) is 0.533. The van der Waals surface area contributed by atoms with E-state index in [1.54, 1.807) is 16.7 Å². The van der Waals surface area contributed by atoms with E-state index in [0.29, 0.717) is 0 Å². The summed E-state index contributed by atoms with van der Waals surface area (Å²) in [6, 6.07) is 0. The molecule has 16 heavy (non-hydrogen) atoms. The van der Waals surface area contributed by atoms with E-state index in [4.69, 9.17) is 4.98 Å². The van der Waals surface area contributed by atoms with Crippen LogP contribution in [0.2, 0.25) is 0 Å². The van der Waals surface area contributed by atoms with Crippen molar-refractivity contribution in [1.82, 2.24) is 4.98 Å². The maximum atomic E-state index is 4.88. The summed E-state index contributed by atoms with van der Waals surface area (Å²) in [5.74, 6) is 0. The highest BCUT2D eigenvalue weighted by Crippen LogP contribution is 2.36. The van der Waals surface area contributed by atoms with Crippen molar-refractivity contribution in [3.63, 3.8) is 0 Å². The molecule has 0 saturated heterocycles. The predicted molar refractivity (Wildman–Crippen MR) is 67.6 cm³/mol. The Bertz CT molecular complexity index is 437. The van der Waals surface area contributed by atoms with Crippen molar-refractivity contribution in [2.75, 3.05) is 0 Å². The summed E-state index contributed by atoms with van der Waals surface area (Å²) in [6.07, 6.45) is 9.75. The lowest BCUT2D eigenvalue weighted by Crippen LogP contribution is -2.02. The molecule has 0 fully saturated rings. The molecule has 0 aromatic carbocycles. The second-order valence-corrected chi connectivity index (χ2v) is 5.02. The molecule has 0 saturated carbocycles. The number of allylic oxidation sites excluding steroid dienone is 2. The third kappa shape index (κ3) is 1.34. The van der Waals surface area contributed by atoms with Crippen molar-refractivity contribution < 1.29 is 0 Å². The van der Waals surface area contributed by atoms with Gasteiger partial charge in [0.25, 0.3) is 0 Å². The van der Waals surface area contributed by atoms with Crippen LogP contribution in [0.1, 0.15) is 54.8 Å². The molecule has 1 aromatic rings. The molecule has 1 nitrogen and oxygen atoms in total. The second-order valence-electron chi connectivity index (χ2n) is 5.02. The Morgan fingerprint density at radius 3 is 2.06 bits per heavy atom. The average Bonchev–Trinajstić information content (AvgIpc) is 2.91. The summed E-state index contributed by atoms with van der Waals surface area (Å²) >= 11 is 0. The van der Waals surface area contributed by atoms with Crippen molar-refractivity contribution >= 4 is 5.57 Å². The van der Waals surface area contributed by atoms with Gasteiger partial charge in [0, 0.05) is 11.4 Å². The molecule has 0 spiro atoms. The van der Waals surface area contributed by atoms with Gasteiger partial charge in [-0.15, -0.1) is 0 Å². The zero-order valence-corrected chi connectivity index (χ0v) is 10.3. The highest BCUT2D eigenvalue weighted by atomic mass is 14.7. The lowest BCUT2D eigenvalue weighted by molar-refractivity contribution is 0.872.